The first kappa shape index (κ1) is 19.4. The monoisotopic (exact) mass is 436 g/mol. The molecule has 1 saturated carbocycles. The zero-order chi connectivity index (χ0) is 20.5. The Morgan fingerprint density at radius 3 is 1.70 bits per heavy atom. The fourth-order valence-electron chi connectivity index (χ4n) is 4.39. The van der Waals surface area contributed by atoms with Gasteiger partial charge in [-0.15, -0.1) is 0 Å². The van der Waals surface area contributed by atoms with Crippen molar-refractivity contribution >= 4 is 56.4 Å². The van der Waals surface area contributed by atoms with Crippen LogP contribution in [0, 0.1) is 0 Å². The third kappa shape index (κ3) is 4.03. The smallest absolute Gasteiger partial charge is 0.0737 e. The van der Waals surface area contributed by atoms with Gasteiger partial charge in [-0.05, 0) is 74.2 Å². The van der Waals surface area contributed by atoms with Crippen LogP contribution in [0.1, 0.15) is 25.7 Å². The minimum Gasteiger partial charge on any atom is -0.382 e. The molecule has 0 spiro atoms. The highest BCUT2D eigenvalue weighted by molar-refractivity contribution is 6.31. The van der Waals surface area contributed by atoms with E-state index < -0.39 is 0 Å². The predicted molar refractivity (Wildman–Crippen MR) is 127 cm³/mol. The molecule has 152 valence electrons. The van der Waals surface area contributed by atoms with Crippen LogP contribution in [-0.2, 0) is 0 Å². The molecule has 4 nitrogen and oxygen atoms in total. The summed E-state index contributed by atoms with van der Waals surface area (Å²) in [5, 5.41) is 11.1. The molecular weight excluding hydrogens is 415 g/mol. The number of fused-ring (bicyclic) bond motifs is 2. The molecule has 0 bridgehead atoms. The van der Waals surface area contributed by atoms with Crippen molar-refractivity contribution in [1.29, 1.82) is 0 Å². The molecule has 0 radical (unpaired) electrons. The summed E-state index contributed by atoms with van der Waals surface area (Å²) >= 11 is 12.3. The van der Waals surface area contributed by atoms with E-state index in [2.05, 4.69) is 20.6 Å². The fourth-order valence-corrected chi connectivity index (χ4v) is 4.72. The maximum atomic E-state index is 6.13. The van der Waals surface area contributed by atoms with E-state index in [1.165, 1.54) is 6.42 Å². The van der Waals surface area contributed by atoms with Crippen molar-refractivity contribution in [3.63, 3.8) is 0 Å². The summed E-state index contributed by atoms with van der Waals surface area (Å²) in [6.07, 6.45) is 8.22. The fraction of sp³-hybridized carbons (Fsp3) is 0.250. The molecule has 0 aliphatic heterocycles. The van der Waals surface area contributed by atoms with E-state index in [1.807, 2.05) is 60.9 Å². The number of rotatable bonds is 4. The molecule has 1 aliphatic rings. The number of hydrogen-bond acceptors (Lipinski definition) is 4. The van der Waals surface area contributed by atoms with Gasteiger partial charge in [-0.3, -0.25) is 9.97 Å². The van der Waals surface area contributed by atoms with Gasteiger partial charge in [-0.2, -0.15) is 0 Å². The number of halogens is 2. The first-order valence-corrected chi connectivity index (χ1v) is 11.0. The Morgan fingerprint density at radius 1 is 0.700 bits per heavy atom. The van der Waals surface area contributed by atoms with Crippen molar-refractivity contribution in [2.75, 3.05) is 10.6 Å². The first-order chi connectivity index (χ1) is 14.7. The van der Waals surface area contributed by atoms with Crippen LogP contribution in [-0.4, -0.2) is 22.1 Å². The maximum absolute atomic E-state index is 6.13. The van der Waals surface area contributed by atoms with Crippen LogP contribution in [0.2, 0.25) is 10.0 Å². The SMILES string of the molecule is Clc1ccc2c(N[C@H]3CCC[C@H](Nc4ccnc5cc(Cl)ccc45)C3)ccnc2c1. The van der Waals surface area contributed by atoms with Crippen LogP contribution in [0.4, 0.5) is 11.4 Å². The van der Waals surface area contributed by atoms with Gasteiger partial charge in [0.05, 0.1) is 11.0 Å². The highest BCUT2D eigenvalue weighted by Gasteiger charge is 2.23. The minimum absolute atomic E-state index is 0.403. The molecule has 2 heterocycles. The Hall–Kier alpha value is -2.56. The van der Waals surface area contributed by atoms with Crippen LogP contribution < -0.4 is 10.6 Å². The molecule has 0 saturated heterocycles. The molecule has 0 amide bonds. The summed E-state index contributed by atoms with van der Waals surface area (Å²) in [5.74, 6) is 0. The van der Waals surface area contributed by atoms with Crippen LogP contribution in [0.15, 0.2) is 60.9 Å². The number of pyridine rings is 2. The van der Waals surface area contributed by atoms with Crippen molar-refractivity contribution in [2.24, 2.45) is 0 Å². The minimum atomic E-state index is 0.403. The molecule has 1 fully saturated rings. The summed E-state index contributed by atoms with van der Waals surface area (Å²) in [6, 6.07) is 16.6. The molecule has 2 N–H and O–H groups in total. The largest absolute Gasteiger partial charge is 0.382 e. The van der Waals surface area contributed by atoms with Gasteiger partial charge >= 0.3 is 0 Å². The van der Waals surface area contributed by atoms with Gasteiger partial charge in [0.15, 0.2) is 0 Å². The standard InChI is InChI=1S/C24H22Cl2N4/c25-15-4-6-19-21(8-10-27-23(19)12-15)29-17-2-1-3-18(14-17)30-22-9-11-28-24-13-16(26)5-7-20(22)24/h4-13,17-18H,1-3,14H2,(H,27,29)(H,28,30)/t17-,18-/m0/s1. The molecular formula is C24H22Cl2N4. The lowest BCUT2D eigenvalue weighted by Crippen LogP contribution is -2.34. The molecule has 2 aromatic heterocycles. The lowest BCUT2D eigenvalue weighted by molar-refractivity contribution is 0.428. The zero-order valence-electron chi connectivity index (χ0n) is 16.4. The van der Waals surface area contributed by atoms with Crippen molar-refractivity contribution < 1.29 is 0 Å². The van der Waals surface area contributed by atoms with E-state index in [-0.39, 0.29) is 0 Å². The van der Waals surface area contributed by atoms with Crippen LogP contribution in [0.3, 0.4) is 0 Å². The first-order valence-electron chi connectivity index (χ1n) is 10.3. The van der Waals surface area contributed by atoms with Gasteiger partial charge in [0.2, 0.25) is 0 Å². The zero-order valence-corrected chi connectivity index (χ0v) is 17.9. The van der Waals surface area contributed by atoms with Gasteiger partial charge in [0.1, 0.15) is 0 Å². The average molecular weight is 437 g/mol. The molecule has 0 unspecified atom stereocenters. The van der Waals surface area contributed by atoms with E-state index in [9.17, 15) is 0 Å². The number of benzene rings is 2. The van der Waals surface area contributed by atoms with Gasteiger partial charge in [-0.25, -0.2) is 0 Å². The number of aromatic nitrogens is 2. The van der Waals surface area contributed by atoms with Gasteiger partial charge in [0, 0.05) is 56.7 Å². The second-order valence-electron chi connectivity index (χ2n) is 7.89. The molecule has 5 rings (SSSR count). The van der Waals surface area contributed by atoms with Gasteiger partial charge < -0.3 is 10.6 Å². The van der Waals surface area contributed by atoms with Gasteiger partial charge in [-0.1, -0.05) is 23.2 Å². The van der Waals surface area contributed by atoms with E-state index in [1.54, 1.807) is 0 Å². The highest BCUT2D eigenvalue weighted by atomic mass is 35.5. The Morgan fingerprint density at radius 2 is 1.20 bits per heavy atom. The quantitative estimate of drug-likeness (QED) is 0.364. The van der Waals surface area contributed by atoms with Crippen molar-refractivity contribution in [2.45, 2.75) is 37.8 Å². The lowest BCUT2D eigenvalue weighted by atomic mass is 9.90. The third-order valence-electron chi connectivity index (χ3n) is 5.80. The third-order valence-corrected chi connectivity index (χ3v) is 6.27. The van der Waals surface area contributed by atoms with E-state index in [0.29, 0.717) is 22.1 Å². The summed E-state index contributed by atoms with van der Waals surface area (Å²) < 4.78 is 0. The Labute approximate surface area is 185 Å². The predicted octanol–water partition coefficient (Wildman–Crippen LogP) is 6.93. The number of nitrogens with one attached hydrogen (secondary N) is 2. The number of nitrogens with zero attached hydrogens (tertiary/aromatic N) is 2. The van der Waals surface area contributed by atoms with Crippen LogP contribution >= 0.6 is 23.2 Å². The second kappa shape index (κ2) is 8.29. The topological polar surface area (TPSA) is 49.8 Å². The number of anilines is 2. The van der Waals surface area contributed by atoms with Crippen molar-refractivity contribution in [3.8, 4) is 0 Å². The van der Waals surface area contributed by atoms with Crippen LogP contribution in [0.25, 0.3) is 21.8 Å². The molecule has 6 heteroatoms. The average Bonchev–Trinajstić information content (AvgIpc) is 2.74. The van der Waals surface area contributed by atoms with Crippen molar-refractivity contribution in [1.82, 2.24) is 9.97 Å². The Bertz CT molecular complexity index is 1120. The Balaban J connectivity index is 1.34. The lowest BCUT2D eigenvalue weighted by Gasteiger charge is -2.32. The van der Waals surface area contributed by atoms with E-state index in [4.69, 9.17) is 23.2 Å². The van der Waals surface area contributed by atoms with E-state index >= 15 is 0 Å². The Kier molecular flexibility index (Phi) is 5.36. The van der Waals surface area contributed by atoms with Crippen LogP contribution in [0.5, 0.6) is 0 Å². The number of hydrogen-bond donors (Lipinski definition) is 2. The van der Waals surface area contributed by atoms with Crippen molar-refractivity contribution in [3.05, 3.63) is 71.0 Å². The van der Waals surface area contributed by atoms with E-state index in [0.717, 1.165) is 52.4 Å². The molecule has 4 aromatic rings. The molecule has 1 aliphatic carbocycles. The highest BCUT2D eigenvalue weighted by Crippen LogP contribution is 2.31. The summed E-state index contributed by atoms with van der Waals surface area (Å²) in [6.45, 7) is 0. The normalized spacial score (nSPS) is 19.1. The molecule has 2 atom stereocenters. The molecule has 30 heavy (non-hydrogen) atoms. The summed E-state index contributed by atoms with van der Waals surface area (Å²) in [4.78, 5) is 8.90. The van der Waals surface area contributed by atoms with Gasteiger partial charge in [0.25, 0.3) is 0 Å². The summed E-state index contributed by atoms with van der Waals surface area (Å²) in [7, 11) is 0. The summed E-state index contributed by atoms with van der Waals surface area (Å²) in [5.41, 5.74) is 4.07. The second-order valence-corrected chi connectivity index (χ2v) is 8.76. The molecule has 2 aromatic carbocycles. The maximum Gasteiger partial charge on any atom is 0.0737 e.